The number of anilines is 2. The van der Waals surface area contributed by atoms with E-state index >= 15 is 0 Å². The van der Waals surface area contributed by atoms with E-state index in [-0.39, 0.29) is 10.1 Å². The van der Waals surface area contributed by atoms with Crippen LogP contribution in [0.1, 0.15) is 101 Å². The van der Waals surface area contributed by atoms with Crippen LogP contribution in [0.25, 0.3) is 0 Å². The summed E-state index contributed by atoms with van der Waals surface area (Å²) in [5.41, 5.74) is 7.90. The molecule has 0 saturated heterocycles. The molecule has 0 N–H and O–H groups in total. The van der Waals surface area contributed by atoms with Gasteiger partial charge in [0.25, 0.3) is 0 Å². The highest BCUT2D eigenvalue weighted by molar-refractivity contribution is 6.55. The molecule has 2 aromatic rings. The minimum absolute atomic E-state index is 0.273. The van der Waals surface area contributed by atoms with Gasteiger partial charge in [0.15, 0.2) is 0 Å². The molecule has 2 aromatic carbocycles. The van der Waals surface area contributed by atoms with Crippen molar-refractivity contribution in [2.45, 2.75) is 79.1 Å². The van der Waals surface area contributed by atoms with Gasteiger partial charge in [-0.1, -0.05) is 138 Å². The summed E-state index contributed by atoms with van der Waals surface area (Å²) in [7, 11) is 0. The van der Waals surface area contributed by atoms with Gasteiger partial charge in [0.2, 0.25) is 0 Å². The molecule has 1 aliphatic heterocycles. The average molecular weight is 590 g/mol. The van der Waals surface area contributed by atoms with Crippen molar-refractivity contribution in [3.63, 3.8) is 0 Å². The highest BCUT2D eigenvalue weighted by Crippen LogP contribution is 2.52. The van der Waals surface area contributed by atoms with E-state index in [1.807, 2.05) is 0 Å². The van der Waals surface area contributed by atoms with Crippen molar-refractivity contribution in [1.29, 1.82) is 0 Å². The monoisotopic (exact) mass is 588 g/mol. The predicted molar refractivity (Wildman–Crippen MR) is 168 cm³/mol. The van der Waals surface area contributed by atoms with Crippen LogP contribution in [0.2, 0.25) is 0 Å². The normalized spacial score (nSPS) is 16.3. The second kappa shape index (κ2) is 11.3. The van der Waals surface area contributed by atoms with E-state index in [2.05, 4.69) is 114 Å². The number of para-hydroxylation sites is 2. The molecule has 0 spiro atoms. The van der Waals surface area contributed by atoms with Crippen LogP contribution in [0.15, 0.2) is 80.3 Å². The topological polar surface area (TPSA) is 6.48 Å². The lowest BCUT2D eigenvalue weighted by atomic mass is 9.91. The van der Waals surface area contributed by atoms with Gasteiger partial charge < -0.3 is 9.80 Å². The van der Waals surface area contributed by atoms with Gasteiger partial charge in [-0.25, -0.2) is 0 Å². The zero-order chi connectivity index (χ0) is 28.0. The van der Waals surface area contributed by atoms with Gasteiger partial charge in [-0.05, 0) is 45.9 Å². The fourth-order valence-electron chi connectivity index (χ4n) is 5.28. The molecule has 1 heterocycles. The second-order valence-corrected chi connectivity index (χ2v) is 12.7. The van der Waals surface area contributed by atoms with Crippen molar-refractivity contribution in [1.82, 2.24) is 0 Å². The lowest BCUT2D eigenvalue weighted by molar-refractivity contribution is 0.819. The van der Waals surface area contributed by atoms with Crippen molar-refractivity contribution in [3.8, 4) is 0 Å². The fraction of sp³-hybridized carbons (Fsp3) is 0.375. The molecule has 0 aromatic heterocycles. The fourth-order valence-corrected chi connectivity index (χ4v) is 6.35. The third-order valence-electron chi connectivity index (χ3n) is 7.23. The predicted octanol–water partition coefficient (Wildman–Crippen LogP) is 11.6. The minimum Gasteiger partial charge on any atom is -0.300 e. The number of allylic oxidation sites excluding steroid dienone is 5. The Morgan fingerprint density at radius 3 is 1.03 bits per heavy atom. The molecule has 0 amide bonds. The molecule has 0 fully saturated rings. The van der Waals surface area contributed by atoms with Crippen LogP contribution in [0, 0.1) is 0 Å². The zero-order valence-corrected chi connectivity index (χ0v) is 26.4. The molecule has 38 heavy (non-hydrogen) atoms. The number of hydrogen-bond acceptors (Lipinski definition) is 2. The van der Waals surface area contributed by atoms with Crippen LogP contribution >= 0.6 is 46.4 Å². The molecule has 0 atom stereocenters. The van der Waals surface area contributed by atoms with Gasteiger partial charge >= 0.3 is 0 Å². The van der Waals surface area contributed by atoms with Gasteiger partial charge in [0.05, 0.1) is 37.1 Å². The Balaban J connectivity index is 2.12. The van der Waals surface area contributed by atoms with E-state index in [0.29, 0.717) is 39.3 Å². The first-order chi connectivity index (χ1) is 17.9. The third kappa shape index (κ3) is 4.94. The second-order valence-electron chi connectivity index (χ2n) is 11.2. The van der Waals surface area contributed by atoms with Gasteiger partial charge in [0, 0.05) is 12.4 Å². The molecule has 4 rings (SSSR count). The van der Waals surface area contributed by atoms with Crippen LogP contribution in [0.5, 0.6) is 0 Å². The van der Waals surface area contributed by atoms with Crippen molar-refractivity contribution in [2.24, 2.45) is 0 Å². The Hall–Kier alpha value is -1.84. The van der Waals surface area contributed by atoms with E-state index in [4.69, 9.17) is 46.4 Å². The molecule has 0 bridgehead atoms. The first kappa shape index (κ1) is 29.2. The maximum Gasteiger partial charge on any atom is 0.132 e. The summed E-state index contributed by atoms with van der Waals surface area (Å²) in [6.45, 7) is 17.8. The summed E-state index contributed by atoms with van der Waals surface area (Å²) >= 11 is 27.0. The average Bonchev–Trinajstić information content (AvgIpc) is 3.37. The highest BCUT2D eigenvalue weighted by Gasteiger charge is 2.38. The van der Waals surface area contributed by atoms with Gasteiger partial charge in [-0.2, -0.15) is 0 Å². The van der Waals surface area contributed by atoms with Crippen LogP contribution in [0.3, 0.4) is 0 Å². The Morgan fingerprint density at radius 2 is 0.763 bits per heavy atom. The highest BCUT2D eigenvalue weighted by atomic mass is 35.5. The first-order valence-electron chi connectivity index (χ1n) is 13.3. The van der Waals surface area contributed by atoms with Crippen molar-refractivity contribution >= 4 is 57.8 Å². The summed E-state index contributed by atoms with van der Waals surface area (Å²) in [4.78, 5) is 4.46. The summed E-state index contributed by atoms with van der Waals surface area (Å²) in [6, 6.07) is 13.1. The van der Waals surface area contributed by atoms with Crippen molar-refractivity contribution in [2.75, 3.05) is 9.80 Å². The number of rotatable bonds is 6. The molecule has 0 unspecified atom stereocenters. The molecule has 2 aliphatic rings. The van der Waals surface area contributed by atoms with E-state index < -0.39 is 0 Å². The Labute approximate surface area is 248 Å². The minimum atomic E-state index is 0.273. The Kier molecular flexibility index (Phi) is 8.70. The van der Waals surface area contributed by atoms with E-state index in [0.717, 1.165) is 17.2 Å². The molecule has 202 valence electrons. The van der Waals surface area contributed by atoms with Crippen LogP contribution in [-0.4, -0.2) is 0 Å². The molecule has 0 radical (unpaired) electrons. The first-order valence-corrected chi connectivity index (χ1v) is 14.8. The van der Waals surface area contributed by atoms with Crippen molar-refractivity contribution in [3.05, 3.63) is 103 Å². The van der Waals surface area contributed by atoms with Crippen LogP contribution in [0.4, 0.5) is 11.4 Å². The number of halogens is 4. The standard InChI is InChI=1S/C32H36Cl4N2/c1-17(2)21-11-9-12-22(18(3)4)30(21)37-15-16-38(32(37)25-26(33)28(35)29(36)27(25)34)31-23(19(5)6)13-10-14-24(31)20(7)8/h9-20H,1-8H3. The Bertz CT molecular complexity index is 1220. The number of hydrogen-bond donors (Lipinski definition) is 0. The largest absolute Gasteiger partial charge is 0.300 e. The molecule has 6 heteroatoms. The quantitative estimate of drug-likeness (QED) is 0.330. The molecule has 0 saturated carbocycles. The summed E-state index contributed by atoms with van der Waals surface area (Å²) < 4.78 is 0. The molecular weight excluding hydrogens is 554 g/mol. The van der Waals surface area contributed by atoms with Crippen LogP contribution < -0.4 is 9.80 Å². The van der Waals surface area contributed by atoms with Gasteiger partial charge in [-0.15, -0.1) is 0 Å². The summed E-state index contributed by atoms with van der Waals surface area (Å²) in [5, 5.41) is 1.26. The zero-order valence-electron chi connectivity index (χ0n) is 23.3. The maximum atomic E-state index is 6.91. The third-order valence-corrected chi connectivity index (χ3v) is 9.03. The summed E-state index contributed by atoms with van der Waals surface area (Å²) in [6.07, 6.45) is 4.23. The van der Waals surface area contributed by atoms with Gasteiger partial charge in [0.1, 0.15) is 5.82 Å². The number of benzene rings is 2. The number of nitrogens with zero attached hydrogens (tertiary/aromatic N) is 2. The smallest absolute Gasteiger partial charge is 0.132 e. The lowest BCUT2D eigenvalue weighted by Crippen LogP contribution is -2.28. The Morgan fingerprint density at radius 1 is 0.474 bits per heavy atom. The van der Waals surface area contributed by atoms with E-state index in [1.165, 1.54) is 22.3 Å². The van der Waals surface area contributed by atoms with E-state index in [9.17, 15) is 0 Å². The molecule has 1 aliphatic carbocycles. The van der Waals surface area contributed by atoms with E-state index in [1.54, 1.807) is 0 Å². The molecular formula is C32H36Cl4N2. The molecule has 2 nitrogen and oxygen atoms in total. The SMILES string of the molecule is CC(C)c1cccc(C(C)C)c1N1C=CN(c2c(C(C)C)cccc2C(C)C)C1=C1C(Cl)=C(Cl)C(Cl)=C1Cl. The van der Waals surface area contributed by atoms with Crippen molar-refractivity contribution < 1.29 is 0 Å². The lowest BCUT2D eigenvalue weighted by Gasteiger charge is -2.34. The van der Waals surface area contributed by atoms with Crippen LogP contribution in [-0.2, 0) is 0 Å². The maximum absolute atomic E-state index is 6.91. The summed E-state index contributed by atoms with van der Waals surface area (Å²) in [5.74, 6) is 2.05. The van der Waals surface area contributed by atoms with Gasteiger partial charge in [-0.3, -0.25) is 0 Å².